The Hall–Kier alpha value is -3.06. The van der Waals surface area contributed by atoms with E-state index >= 15 is 0 Å². The first-order valence-corrected chi connectivity index (χ1v) is 9.90. The van der Waals surface area contributed by atoms with Gasteiger partial charge < -0.3 is 9.80 Å². The van der Waals surface area contributed by atoms with Crippen LogP contribution >= 0.6 is 0 Å². The topological polar surface area (TPSA) is 94.4 Å². The van der Waals surface area contributed by atoms with Crippen LogP contribution in [0.25, 0.3) is 0 Å². The van der Waals surface area contributed by atoms with E-state index in [-0.39, 0.29) is 11.5 Å². The van der Waals surface area contributed by atoms with Gasteiger partial charge in [0, 0.05) is 37.9 Å². The van der Waals surface area contributed by atoms with E-state index in [1.54, 1.807) is 23.2 Å². The van der Waals surface area contributed by atoms with E-state index in [2.05, 4.69) is 11.1 Å². The summed E-state index contributed by atoms with van der Waals surface area (Å²) in [5.74, 6) is -3.26. The molecule has 28 heavy (non-hydrogen) atoms. The molecule has 1 aromatic carbocycles. The number of piperazine rings is 1. The Morgan fingerprint density at radius 3 is 2.32 bits per heavy atom. The first-order valence-electron chi connectivity index (χ1n) is 8.36. The molecule has 7 nitrogen and oxygen atoms in total. The summed E-state index contributed by atoms with van der Waals surface area (Å²) >= 11 is 0. The molecule has 0 radical (unpaired) electrons. The van der Waals surface area contributed by atoms with E-state index in [1.165, 1.54) is 12.1 Å². The molecule has 0 bridgehead atoms. The van der Waals surface area contributed by atoms with Crippen molar-refractivity contribution in [1.82, 2.24) is 9.88 Å². The zero-order valence-corrected chi connectivity index (χ0v) is 15.4. The second-order valence-electron chi connectivity index (χ2n) is 6.10. The van der Waals surface area contributed by atoms with E-state index in [4.69, 9.17) is 0 Å². The zero-order chi connectivity index (χ0) is 20.3. The lowest BCUT2D eigenvalue weighted by Crippen LogP contribution is -2.49. The molecule has 1 saturated heterocycles. The molecule has 1 aliphatic heterocycles. The Balaban J connectivity index is 1.68. The number of aromatic nitrogens is 1. The molecule has 146 valence electrons. The highest BCUT2D eigenvalue weighted by atomic mass is 32.2. The van der Waals surface area contributed by atoms with Crippen LogP contribution in [-0.2, 0) is 9.84 Å². The van der Waals surface area contributed by atoms with Gasteiger partial charge in [0.1, 0.15) is 11.9 Å². The minimum absolute atomic E-state index is 0.220. The summed E-state index contributed by atoms with van der Waals surface area (Å²) in [7, 11) is -4.69. The molecule has 1 fully saturated rings. The van der Waals surface area contributed by atoms with E-state index in [9.17, 15) is 27.3 Å². The van der Waals surface area contributed by atoms with Crippen LogP contribution < -0.4 is 4.90 Å². The number of nitrogens with zero attached hydrogens (tertiary/aromatic N) is 4. The highest BCUT2D eigenvalue weighted by Gasteiger charge is 2.28. The standard InChI is InChI=1S/C18H16F2N4O3S/c19-18(20)28(26,27)15-5-3-13(4-6-15)17(25)24-10-8-23(9-11-24)16-14(12-21)2-1-7-22-16/h1-7,18H,8-11H2. The van der Waals surface area contributed by atoms with Crippen LogP contribution in [0.4, 0.5) is 14.6 Å². The van der Waals surface area contributed by atoms with Gasteiger partial charge in [-0.05, 0) is 36.4 Å². The van der Waals surface area contributed by atoms with Crippen LogP contribution in [0.3, 0.4) is 0 Å². The van der Waals surface area contributed by atoms with Gasteiger partial charge in [0.05, 0.1) is 10.5 Å². The number of carbonyl (C=O) groups excluding carboxylic acids is 1. The number of benzene rings is 1. The maximum Gasteiger partial charge on any atom is 0.341 e. The van der Waals surface area contributed by atoms with Gasteiger partial charge in [-0.1, -0.05) is 0 Å². The van der Waals surface area contributed by atoms with Gasteiger partial charge in [-0.3, -0.25) is 4.79 Å². The minimum atomic E-state index is -4.69. The van der Waals surface area contributed by atoms with Crippen molar-refractivity contribution in [3.8, 4) is 6.07 Å². The summed E-state index contributed by atoms with van der Waals surface area (Å²) < 4.78 is 48.1. The highest BCUT2D eigenvalue weighted by Crippen LogP contribution is 2.21. The van der Waals surface area contributed by atoms with Crippen molar-refractivity contribution in [2.75, 3.05) is 31.1 Å². The Labute approximate surface area is 160 Å². The molecule has 1 aliphatic rings. The van der Waals surface area contributed by atoms with Crippen LogP contribution in [0.1, 0.15) is 15.9 Å². The van der Waals surface area contributed by atoms with Crippen molar-refractivity contribution in [2.24, 2.45) is 0 Å². The lowest BCUT2D eigenvalue weighted by Gasteiger charge is -2.35. The predicted molar refractivity (Wildman–Crippen MR) is 96.7 cm³/mol. The molecule has 0 saturated carbocycles. The van der Waals surface area contributed by atoms with Gasteiger partial charge in [0.15, 0.2) is 0 Å². The Morgan fingerprint density at radius 2 is 1.75 bits per heavy atom. The molecule has 0 unspecified atom stereocenters. The molecule has 0 atom stereocenters. The monoisotopic (exact) mass is 406 g/mol. The van der Waals surface area contributed by atoms with Gasteiger partial charge in [0.25, 0.3) is 5.91 Å². The summed E-state index contributed by atoms with van der Waals surface area (Å²) in [6.45, 7) is 1.74. The van der Waals surface area contributed by atoms with Crippen LogP contribution in [0.15, 0.2) is 47.5 Å². The minimum Gasteiger partial charge on any atom is -0.352 e. The average Bonchev–Trinajstić information content (AvgIpc) is 2.73. The number of pyridine rings is 1. The predicted octanol–water partition coefficient (Wildman–Crippen LogP) is 1.91. The third-order valence-corrected chi connectivity index (χ3v) is 5.84. The fraction of sp³-hybridized carbons (Fsp3) is 0.278. The summed E-state index contributed by atoms with van der Waals surface area (Å²) in [6.07, 6.45) is 1.60. The number of hydrogen-bond acceptors (Lipinski definition) is 6. The summed E-state index contributed by atoms with van der Waals surface area (Å²) in [5.41, 5.74) is 0.676. The molecule has 0 N–H and O–H groups in total. The van der Waals surface area contributed by atoms with Crippen molar-refractivity contribution in [1.29, 1.82) is 5.26 Å². The molecular weight excluding hydrogens is 390 g/mol. The second kappa shape index (κ2) is 7.90. The number of halogens is 2. The number of sulfone groups is 1. The number of rotatable bonds is 4. The maximum atomic E-state index is 12.6. The first-order chi connectivity index (χ1) is 13.3. The zero-order valence-electron chi connectivity index (χ0n) is 14.6. The Morgan fingerprint density at radius 1 is 1.11 bits per heavy atom. The fourth-order valence-electron chi connectivity index (χ4n) is 2.93. The van der Waals surface area contributed by atoms with Crippen LogP contribution in [-0.4, -0.2) is 56.1 Å². The smallest absolute Gasteiger partial charge is 0.341 e. The number of anilines is 1. The molecule has 10 heteroatoms. The van der Waals surface area contributed by atoms with Crippen molar-refractivity contribution >= 4 is 21.6 Å². The molecule has 1 amide bonds. The first kappa shape index (κ1) is 19.7. The number of nitriles is 1. The van der Waals surface area contributed by atoms with Gasteiger partial charge >= 0.3 is 5.76 Å². The quantitative estimate of drug-likeness (QED) is 0.770. The molecule has 2 heterocycles. The van der Waals surface area contributed by atoms with Crippen molar-refractivity contribution in [2.45, 2.75) is 10.7 Å². The van der Waals surface area contributed by atoms with Crippen LogP contribution in [0, 0.1) is 11.3 Å². The summed E-state index contributed by atoms with van der Waals surface area (Å²) in [6, 6.07) is 9.94. The highest BCUT2D eigenvalue weighted by molar-refractivity contribution is 7.91. The molecule has 1 aromatic heterocycles. The van der Waals surface area contributed by atoms with Crippen molar-refractivity contribution in [3.05, 3.63) is 53.7 Å². The molecule has 2 aromatic rings. The van der Waals surface area contributed by atoms with Crippen molar-refractivity contribution < 1.29 is 22.0 Å². The van der Waals surface area contributed by atoms with Gasteiger partial charge in [-0.15, -0.1) is 0 Å². The largest absolute Gasteiger partial charge is 0.352 e. The summed E-state index contributed by atoms with van der Waals surface area (Å²) in [5, 5.41) is 9.18. The van der Waals surface area contributed by atoms with Gasteiger partial charge in [0.2, 0.25) is 9.84 Å². The second-order valence-corrected chi connectivity index (χ2v) is 8.01. The fourth-order valence-corrected chi connectivity index (χ4v) is 3.65. The van der Waals surface area contributed by atoms with E-state index < -0.39 is 20.5 Å². The van der Waals surface area contributed by atoms with Crippen LogP contribution in [0.5, 0.6) is 0 Å². The lowest BCUT2D eigenvalue weighted by atomic mass is 10.1. The molecule has 0 aliphatic carbocycles. The number of amides is 1. The maximum absolute atomic E-state index is 12.6. The van der Waals surface area contributed by atoms with E-state index in [0.29, 0.717) is 37.6 Å². The lowest BCUT2D eigenvalue weighted by molar-refractivity contribution is 0.0746. The Bertz CT molecular complexity index is 1010. The Kier molecular flexibility index (Phi) is 5.56. The number of alkyl halides is 2. The van der Waals surface area contributed by atoms with E-state index in [1.807, 2.05) is 4.90 Å². The molecule has 3 rings (SSSR count). The van der Waals surface area contributed by atoms with E-state index in [0.717, 1.165) is 12.1 Å². The van der Waals surface area contributed by atoms with Crippen molar-refractivity contribution in [3.63, 3.8) is 0 Å². The normalized spacial score (nSPS) is 14.8. The molecular formula is C18H16F2N4O3S. The number of carbonyl (C=O) groups is 1. The van der Waals surface area contributed by atoms with Crippen LogP contribution in [0.2, 0.25) is 0 Å². The third-order valence-electron chi connectivity index (χ3n) is 4.44. The average molecular weight is 406 g/mol. The number of hydrogen-bond donors (Lipinski definition) is 0. The molecule has 0 spiro atoms. The SMILES string of the molecule is N#Cc1cccnc1N1CCN(C(=O)c2ccc(S(=O)(=O)C(F)F)cc2)CC1. The third kappa shape index (κ3) is 3.80. The summed E-state index contributed by atoms with van der Waals surface area (Å²) in [4.78, 5) is 19.8. The van der Waals surface area contributed by atoms with Gasteiger partial charge in [-0.2, -0.15) is 14.0 Å². The van der Waals surface area contributed by atoms with Gasteiger partial charge in [-0.25, -0.2) is 13.4 Å².